The van der Waals surface area contributed by atoms with Gasteiger partial charge in [-0.1, -0.05) is 27.7 Å². The zero-order valence-electron chi connectivity index (χ0n) is 26.8. The van der Waals surface area contributed by atoms with E-state index in [2.05, 4.69) is 35.9 Å². The lowest BCUT2D eigenvalue weighted by Crippen LogP contribution is -2.37. The Balaban J connectivity index is 0.000000707. The van der Waals surface area contributed by atoms with Crippen LogP contribution in [0.25, 0.3) is 5.65 Å². The lowest BCUT2D eigenvalue weighted by molar-refractivity contribution is -0.192. The van der Waals surface area contributed by atoms with Crippen molar-refractivity contribution in [3.8, 4) is 11.6 Å². The number of ether oxygens (including phenoxy) is 3. The normalized spacial score (nSPS) is 14.5. The summed E-state index contributed by atoms with van der Waals surface area (Å²) in [7, 11) is 1.67. The first kappa shape index (κ1) is 35.3. The number of aliphatic carboxylic acids is 1. The molecule has 0 bridgehead atoms. The predicted molar refractivity (Wildman–Crippen MR) is 159 cm³/mol. The number of alkyl halides is 3. The Kier molecular flexibility index (Phi) is 10.9. The Hall–Kier alpha value is -4.14. The average molecular weight is 639 g/mol. The number of nitrogens with one attached hydrogen (secondary N) is 1. The maximum absolute atomic E-state index is 13.7. The van der Waals surface area contributed by atoms with E-state index in [-0.39, 0.29) is 29.5 Å². The van der Waals surface area contributed by atoms with Gasteiger partial charge in [-0.15, -0.1) is 10.2 Å². The predicted octanol–water partition coefficient (Wildman–Crippen LogP) is 4.46. The molecular formula is C30H41F3N6O6. The van der Waals surface area contributed by atoms with Crippen LogP contribution in [0.3, 0.4) is 0 Å². The number of rotatable bonds is 8. The number of morpholine rings is 1. The molecule has 248 valence electrons. The molecule has 2 N–H and O–H groups in total. The second-order valence-electron chi connectivity index (χ2n) is 11.8. The van der Waals surface area contributed by atoms with E-state index in [1.165, 1.54) is 9.20 Å². The third-order valence-electron chi connectivity index (χ3n) is 7.45. The van der Waals surface area contributed by atoms with Crippen molar-refractivity contribution >= 4 is 23.1 Å². The van der Waals surface area contributed by atoms with Crippen LogP contribution in [0.1, 0.15) is 68.1 Å². The molecule has 0 aliphatic carbocycles. The molecule has 1 atom stereocenters. The minimum absolute atomic E-state index is 0.00259. The molecule has 1 aromatic carbocycles. The Morgan fingerprint density at radius 2 is 1.71 bits per heavy atom. The zero-order chi connectivity index (χ0) is 33.9. The van der Waals surface area contributed by atoms with Gasteiger partial charge >= 0.3 is 12.1 Å². The number of fused-ring (bicyclic) bond motifs is 1. The summed E-state index contributed by atoms with van der Waals surface area (Å²) in [6, 6.07) is 3.81. The summed E-state index contributed by atoms with van der Waals surface area (Å²) < 4.78 is 52.0. The number of halogens is 3. The number of benzene rings is 1. The van der Waals surface area contributed by atoms with Gasteiger partial charge in [-0.05, 0) is 44.7 Å². The molecule has 1 aliphatic rings. The van der Waals surface area contributed by atoms with E-state index >= 15 is 0 Å². The molecule has 0 unspecified atom stereocenters. The van der Waals surface area contributed by atoms with Crippen molar-refractivity contribution in [1.82, 2.24) is 19.4 Å². The summed E-state index contributed by atoms with van der Waals surface area (Å²) in [6.07, 6.45) is -4.24. The highest BCUT2D eigenvalue weighted by atomic mass is 19.4. The number of carbonyl (C=O) groups is 2. The molecule has 45 heavy (non-hydrogen) atoms. The van der Waals surface area contributed by atoms with Crippen molar-refractivity contribution in [2.24, 2.45) is 0 Å². The first-order valence-electron chi connectivity index (χ1n) is 14.5. The van der Waals surface area contributed by atoms with Crippen molar-refractivity contribution in [1.29, 1.82) is 5.41 Å². The lowest BCUT2D eigenvalue weighted by Gasteiger charge is -2.33. The fourth-order valence-corrected chi connectivity index (χ4v) is 4.54. The minimum Gasteiger partial charge on any atom is -0.494 e. The molecule has 1 fully saturated rings. The lowest BCUT2D eigenvalue weighted by atomic mass is 9.84. The first-order valence-corrected chi connectivity index (χ1v) is 14.5. The molecule has 0 amide bonds. The Labute approximate surface area is 259 Å². The molecule has 1 saturated heterocycles. The number of Topliss-reactive ketones (excluding diaryl/α,β-unsaturated/α-hetero) is 1. The number of carboxylic acid groups (broad SMARTS) is 1. The summed E-state index contributed by atoms with van der Waals surface area (Å²) >= 11 is 0. The molecule has 2 aromatic heterocycles. The van der Waals surface area contributed by atoms with Gasteiger partial charge in [-0.25, -0.2) is 9.48 Å². The topological polar surface area (TPSA) is 144 Å². The molecule has 0 saturated carbocycles. The van der Waals surface area contributed by atoms with Crippen molar-refractivity contribution in [3.05, 3.63) is 40.0 Å². The molecule has 3 heterocycles. The highest BCUT2D eigenvalue weighted by Crippen LogP contribution is 2.40. The molecular weight excluding hydrogens is 597 g/mol. The number of ketones is 1. The Morgan fingerprint density at radius 1 is 1.11 bits per heavy atom. The third kappa shape index (κ3) is 8.12. The van der Waals surface area contributed by atoms with E-state index < -0.39 is 12.1 Å². The third-order valence-corrected chi connectivity index (χ3v) is 7.45. The van der Waals surface area contributed by atoms with Crippen LogP contribution in [0.5, 0.6) is 11.6 Å². The van der Waals surface area contributed by atoms with Gasteiger partial charge in [0.2, 0.25) is 11.5 Å². The van der Waals surface area contributed by atoms with E-state index in [0.29, 0.717) is 30.3 Å². The number of aryl methyl sites for hydroxylation is 1. The highest BCUT2D eigenvalue weighted by Gasteiger charge is 2.38. The quantitative estimate of drug-likeness (QED) is 0.342. The fourth-order valence-electron chi connectivity index (χ4n) is 4.54. The average Bonchev–Trinajstić information content (AvgIpc) is 3.29. The maximum Gasteiger partial charge on any atom is 0.490 e. The Morgan fingerprint density at radius 3 is 2.22 bits per heavy atom. The van der Waals surface area contributed by atoms with Crippen LogP contribution in [0.4, 0.5) is 18.9 Å². The summed E-state index contributed by atoms with van der Waals surface area (Å²) in [6.45, 7) is 16.8. The molecule has 3 aromatic rings. The van der Waals surface area contributed by atoms with Gasteiger partial charge in [-0.3, -0.25) is 10.2 Å². The first-order chi connectivity index (χ1) is 20.9. The van der Waals surface area contributed by atoms with E-state index in [1.54, 1.807) is 7.11 Å². The fraction of sp³-hybridized carbons (Fsp3) is 0.567. The van der Waals surface area contributed by atoms with Gasteiger partial charge in [0.25, 0.3) is 0 Å². The van der Waals surface area contributed by atoms with Crippen molar-refractivity contribution in [2.45, 2.75) is 79.1 Å². The molecule has 1 aliphatic heterocycles. The van der Waals surface area contributed by atoms with Gasteiger partial charge in [0, 0.05) is 35.3 Å². The van der Waals surface area contributed by atoms with Crippen LogP contribution in [0, 0.1) is 19.3 Å². The summed E-state index contributed by atoms with van der Waals surface area (Å²) in [5.74, 6) is -1.64. The maximum atomic E-state index is 13.7. The second-order valence-corrected chi connectivity index (χ2v) is 11.8. The molecule has 0 radical (unpaired) electrons. The number of hydrogen-bond acceptors (Lipinski definition) is 9. The number of hydrogen-bond donors (Lipinski definition) is 2. The zero-order valence-corrected chi connectivity index (χ0v) is 26.8. The number of aromatic nitrogens is 4. The van der Waals surface area contributed by atoms with Crippen molar-refractivity contribution in [2.75, 3.05) is 38.3 Å². The van der Waals surface area contributed by atoms with E-state index in [1.807, 2.05) is 39.8 Å². The van der Waals surface area contributed by atoms with Crippen molar-refractivity contribution < 1.29 is 42.1 Å². The molecule has 15 heteroatoms. The standard InChI is InChI=1S/C28H40N6O4.C2HF3O2/c1-9-17(2)38-26-19(4)18(3)25-30-33(27(29)34(25)31-26)16-23(35)20-14-21(28(5,6)7)24(36-8)22(15-20)32-10-12-37-13-11-32;3-2(4,5)1(6)7/h14-15,17,29H,9-13,16H2,1-8H3;(H,6,7)/t17-;/m0./s1. The van der Waals surface area contributed by atoms with Gasteiger partial charge in [0.05, 0.1) is 32.1 Å². The molecule has 12 nitrogen and oxygen atoms in total. The smallest absolute Gasteiger partial charge is 0.490 e. The number of anilines is 1. The number of methoxy groups -OCH3 is 1. The second kappa shape index (κ2) is 13.9. The van der Waals surface area contributed by atoms with Crippen LogP contribution in [-0.4, -0.2) is 81.9 Å². The monoisotopic (exact) mass is 638 g/mol. The summed E-state index contributed by atoms with van der Waals surface area (Å²) in [5.41, 5.74) is 4.45. The highest BCUT2D eigenvalue weighted by molar-refractivity contribution is 5.98. The SMILES string of the molecule is CC[C@H](C)Oc1nn2c(=N)n(CC(=O)c3cc(N4CCOCC4)c(OC)c(C(C)(C)C)c3)nc2c(C)c1C.O=C(O)C(F)(F)F. The number of carboxylic acids is 1. The Bertz CT molecular complexity index is 1600. The van der Waals surface area contributed by atoms with Crippen LogP contribution in [-0.2, 0) is 21.5 Å². The summed E-state index contributed by atoms with van der Waals surface area (Å²) in [4.78, 5) is 24.8. The largest absolute Gasteiger partial charge is 0.494 e. The minimum atomic E-state index is -5.08. The van der Waals surface area contributed by atoms with Crippen molar-refractivity contribution in [3.63, 3.8) is 0 Å². The number of carbonyl (C=O) groups excluding carboxylic acids is 1. The van der Waals surface area contributed by atoms with E-state index in [4.69, 9.17) is 29.5 Å². The van der Waals surface area contributed by atoms with Gasteiger partial charge in [0.15, 0.2) is 11.4 Å². The van der Waals surface area contributed by atoms with Crippen LogP contribution >= 0.6 is 0 Å². The van der Waals surface area contributed by atoms with Crippen LogP contribution in [0.15, 0.2) is 12.1 Å². The molecule has 0 spiro atoms. The van der Waals surface area contributed by atoms with Gasteiger partial charge in [-0.2, -0.15) is 17.7 Å². The van der Waals surface area contributed by atoms with Crippen LogP contribution in [0.2, 0.25) is 0 Å². The summed E-state index contributed by atoms with van der Waals surface area (Å²) in [5, 5.41) is 25.0. The molecule has 4 rings (SSSR count). The van der Waals surface area contributed by atoms with E-state index in [0.717, 1.165) is 47.6 Å². The number of nitrogens with zero attached hydrogens (tertiary/aromatic N) is 5. The van der Waals surface area contributed by atoms with Gasteiger partial charge in [0.1, 0.15) is 12.3 Å². The van der Waals surface area contributed by atoms with Crippen LogP contribution < -0.4 is 20.0 Å². The van der Waals surface area contributed by atoms with Gasteiger partial charge < -0.3 is 24.2 Å². The van der Waals surface area contributed by atoms with E-state index in [9.17, 15) is 18.0 Å².